The second kappa shape index (κ2) is 6.38. The first-order chi connectivity index (χ1) is 9.71. The van der Waals surface area contributed by atoms with Gasteiger partial charge >= 0.3 is 0 Å². The van der Waals surface area contributed by atoms with E-state index in [0.717, 1.165) is 15.6 Å². The van der Waals surface area contributed by atoms with Crippen LogP contribution in [0.25, 0.3) is 11.1 Å². The zero-order chi connectivity index (χ0) is 14.5. The topological polar surface area (TPSA) is 61.7 Å². The van der Waals surface area contributed by atoms with E-state index in [9.17, 15) is 10.5 Å². The molecule has 0 fully saturated rings. The fourth-order valence-corrected chi connectivity index (χ4v) is 2.27. The van der Waals surface area contributed by atoms with E-state index < -0.39 is 0 Å². The monoisotopic (exact) mass is 329 g/mol. The van der Waals surface area contributed by atoms with Crippen LogP contribution in [0.1, 0.15) is 11.3 Å². The summed E-state index contributed by atoms with van der Waals surface area (Å²) in [6.45, 7) is 1.04. The van der Waals surface area contributed by atoms with Gasteiger partial charge in [0, 0.05) is 29.9 Å². The first kappa shape index (κ1) is 14.3. The molecule has 1 aromatic heterocycles. The molecule has 0 unspecified atom stereocenters. The van der Waals surface area contributed by atoms with Crippen LogP contribution in [0, 0.1) is 22.7 Å². The van der Waals surface area contributed by atoms with Crippen molar-refractivity contribution >= 4 is 15.9 Å². The van der Waals surface area contributed by atoms with E-state index in [1.165, 1.54) is 0 Å². The van der Waals surface area contributed by atoms with Gasteiger partial charge in [-0.05, 0) is 17.7 Å². The first-order valence-electron chi connectivity index (χ1n) is 5.99. The lowest BCUT2D eigenvalue weighted by Crippen LogP contribution is -2.05. The highest BCUT2D eigenvalue weighted by Crippen LogP contribution is 2.28. The van der Waals surface area contributed by atoms with Crippen molar-refractivity contribution in [1.29, 1.82) is 10.5 Å². The lowest BCUT2D eigenvalue weighted by Gasteiger charge is -2.02. The molecule has 0 spiro atoms. The number of nitriles is 2. The molecule has 0 aliphatic carbocycles. The molecule has 100 valence electrons. The molecule has 0 aliphatic heterocycles. The van der Waals surface area contributed by atoms with E-state index in [1.54, 1.807) is 11.7 Å². The second-order valence-corrected chi connectivity index (χ2v) is 5.10. The Labute approximate surface area is 125 Å². The highest BCUT2D eigenvalue weighted by Gasteiger charge is 2.16. The van der Waals surface area contributed by atoms with E-state index >= 15 is 0 Å². The van der Waals surface area contributed by atoms with Crippen molar-refractivity contribution in [2.24, 2.45) is 0 Å². The van der Waals surface area contributed by atoms with E-state index in [1.807, 2.05) is 30.5 Å². The molecular weight excluding hydrogens is 318 g/mol. The molecule has 0 bridgehead atoms. The summed E-state index contributed by atoms with van der Waals surface area (Å²) in [7, 11) is 1.61. The molecule has 1 aromatic carbocycles. The predicted molar refractivity (Wildman–Crippen MR) is 78.9 cm³/mol. The smallest absolute Gasteiger partial charge is 0.138 e. The van der Waals surface area contributed by atoms with Crippen LogP contribution >= 0.6 is 15.9 Å². The van der Waals surface area contributed by atoms with Gasteiger partial charge in [-0.3, -0.25) is 0 Å². The first-order valence-corrected chi connectivity index (χ1v) is 6.78. The van der Waals surface area contributed by atoms with E-state index in [4.69, 9.17) is 4.74 Å². The van der Waals surface area contributed by atoms with Gasteiger partial charge in [0.05, 0.1) is 12.2 Å². The minimum Gasteiger partial charge on any atom is -0.383 e. The summed E-state index contributed by atoms with van der Waals surface area (Å²) in [5.74, 6) is 0. The van der Waals surface area contributed by atoms with Crippen LogP contribution in [0.2, 0.25) is 0 Å². The summed E-state index contributed by atoms with van der Waals surface area (Å²) < 4.78 is 7.76. The predicted octanol–water partition coefficient (Wildman–Crippen LogP) is 3.31. The van der Waals surface area contributed by atoms with Gasteiger partial charge in [-0.2, -0.15) is 10.5 Å². The Kier molecular flexibility index (Phi) is 4.57. The molecule has 0 radical (unpaired) electrons. The quantitative estimate of drug-likeness (QED) is 0.864. The summed E-state index contributed by atoms with van der Waals surface area (Å²) in [5, 5.41) is 18.6. The number of hydrogen-bond donors (Lipinski definition) is 0. The highest BCUT2D eigenvalue weighted by atomic mass is 79.9. The molecule has 0 aliphatic rings. The third-order valence-corrected chi connectivity index (χ3v) is 3.52. The Morgan fingerprint density at radius 2 is 1.90 bits per heavy atom. The van der Waals surface area contributed by atoms with Gasteiger partial charge in [0.25, 0.3) is 0 Å². The van der Waals surface area contributed by atoms with Crippen LogP contribution in [0.3, 0.4) is 0 Å². The molecule has 0 saturated heterocycles. The third-order valence-electron chi connectivity index (χ3n) is 2.99. The van der Waals surface area contributed by atoms with Crippen molar-refractivity contribution in [2.45, 2.75) is 6.54 Å². The van der Waals surface area contributed by atoms with Crippen molar-refractivity contribution in [3.63, 3.8) is 0 Å². The van der Waals surface area contributed by atoms with Crippen LogP contribution in [0.15, 0.2) is 34.9 Å². The van der Waals surface area contributed by atoms with Crippen LogP contribution in [0.5, 0.6) is 0 Å². The van der Waals surface area contributed by atoms with Gasteiger partial charge in [-0.1, -0.05) is 28.1 Å². The number of aromatic nitrogens is 1. The molecule has 2 rings (SSSR count). The molecule has 20 heavy (non-hydrogen) atoms. The average Bonchev–Trinajstić information content (AvgIpc) is 2.83. The van der Waals surface area contributed by atoms with Gasteiger partial charge in [-0.25, -0.2) is 0 Å². The average molecular weight is 330 g/mol. The maximum atomic E-state index is 9.33. The summed E-state index contributed by atoms with van der Waals surface area (Å²) in [6.07, 6.45) is 1.83. The van der Waals surface area contributed by atoms with Gasteiger partial charge in [0.1, 0.15) is 17.8 Å². The highest BCUT2D eigenvalue weighted by molar-refractivity contribution is 9.10. The normalized spacial score (nSPS) is 10.0. The summed E-state index contributed by atoms with van der Waals surface area (Å²) in [6, 6.07) is 11.9. The number of hydrogen-bond acceptors (Lipinski definition) is 3. The van der Waals surface area contributed by atoms with Crippen LogP contribution in [-0.4, -0.2) is 18.3 Å². The zero-order valence-corrected chi connectivity index (χ0v) is 12.5. The number of nitrogens with zero attached hydrogens (tertiary/aromatic N) is 3. The zero-order valence-electron chi connectivity index (χ0n) is 10.9. The number of halogens is 1. The lowest BCUT2D eigenvalue weighted by atomic mass is 10.0. The van der Waals surface area contributed by atoms with Gasteiger partial charge < -0.3 is 9.30 Å². The Morgan fingerprint density at radius 1 is 1.20 bits per heavy atom. The Balaban J connectivity index is 2.53. The lowest BCUT2D eigenvalue weighted by molar-refractivity contribution is 0.187. The SMILES string of the molecule is COCCn1cc(-c2ccc(Br)cc2)c(C#N)c1C#N. The fraction of sp³-hybridized carbons (Fsp3) is 0.200. The largest absolute Gasteiger partial charge is 0.383 e. The van der Waals surface area contributed by atoms with E-state index in [2.05, 4.69) is 28.1 Å². The summed E-state index contributed by atoms with van der Waals surface area (Å²) >= 11 is 3.38. The Bertz CT molecular complexity index is 690. The maximum Gasteiger partial charge on any atom is 0.138 e. The van der Waals surface area contributed by atoms with Crippen molar-refractivity contribution in [1.82, 2.24) is 4.57 Å². The molecule has 0 N–H and O–H groups in total. The Morgan fingerprint density at radius 3 is 2.45 bits per heavy atom. The Hall–Kier alpha value is -2.08. The fourth-order valence-electron chi connectivity index (χ4n) is 2.00. The van der Waals surface area contributed by atoms with Crippen LogP contribution in [0.4, 0.5) is 0 Å². The van der Waals surface area contributed by atoms with Crippen LogP contribution in [-0.2, 0) is 11.3 Å². The van der Waals surface area contributed by atoms with Crippen molar-refractivity contribution in [3.8, 4) is 23.3 Å². The van der Waals surface area contributed by atoms with Gasteiger partial charge in [0.2, 0.25) is 0 Å². The minimum atomic E-state index is 0.377. The van der Waals surface area contributed by atoms with Gasteiger partial charge in [0.15, 0.2) is 0 Å². The molecule has 0 amide bonds. The molecule has 5 heteroatoms. The maximum absolute atomic E-state index is 9.33. The number of rotatable bonds is 4. The molecular formula is C15H12BrN3O. The standard InChI is InChI=1S/C15H12BrN3O/c1-20-7-6-19-10-14(13(8-17)15(19)9-18)11-2-4-12(16)5-3-11/h2-5,10H,6-7H2,1H3. The number of methoxy groups -OCH3 is 1. The van der Waals surface area contributed by atoms with Crippen LogP contribution < -0.4 is 0 Å². The number of ether oxygens (including phenoxy) is 1. The summed E-state index contributed by atoms with van der Waals surface area (Å²) in [5.41, 5.74) is 2.47. The molecule has 2 aromatic rings. The molecule has 4 nitrogen and oxygen atoms in total. The van der Waals surface area contributed by atoms with Gasteiger partial charge in [-0.15, -0.1) is 0 Å². The molecule has 0 atom stereocenters. The van der Waals surface area contributed by atoms with Crippen molar-refractivity contribution < 1.29 is 4.74 Å². The summed E-state index contributed by atoms with van der Waals surface area (Å²) in [4.78, 5) is 0. The third kappa shape index (κ3) is 2.75. The van der Waals surface area contributed by atoms with Crippen molar-refractivity contribution in [3.05, 3.63) is 46.2 Å². The second-order valence-electron chi connectivity index (χ2n) is 4.18. The number of benzene rings is 1. The minimum absolute atomic E-state index is 0.377. The van der Waals surface area contributed by atoms with E-state index in [-0.39, 0.29) is 0 Å². The van der Waals surface area contributed by atoms with Crippen molar-refractivity contribution in [2.75, 3.05) is 13.7 Å². The molecule has 1 heterocycles. The van der Waals surface area contributed by atoms with E-state index in [0.29, 0.717) is 24.4 Å². The molecule has 0 saturated carbocycles.